The molecule has 3 heterocycles. The third-order valence-electron chi connectivity index (χ3n) is 6.18. The highest BCUT2D eigenvalue weighted by molar-refractivity contribution is 7.80. The van der Waals surface area contributed by atoms with E-state index in [2.05, 4.69) is 27.9 Å². The van der Waals surface area contributed by atoms with Crippen molar-refractivity contribution < 1.29 is 5.11 Å². The Morgan fingerprint density at radius 1 is 0.971 bits per heavy atom. The van der Waals surface area contributed by atoms with Crippen molar-refractivity contribution in [2.24, 2.45) is 0 Å². The Bertz CT molecular complexity index is 1390. The fraction of sp³-hybridized carbons (Fsp3) is 0.154. The maximum Gasteiger partial charge on any atom is 0.174 e. The zero-order valence-corrected chi connectivity index (χ0v) is 20.9. The Hall–Kier alpha value is -3.06. The van der Waals surface area contributed by atoms with Crippen molar-refractivity contribution in [3.8, 4) is 11.4 Å². The molecule has 0 amide bonds. The number of rotatable bonds is 4. The first-order valence-electron chi connectivity index (χ1n) is 10.8. The minimum Gasteiger partial charge on any atom is -0.506 e. The van der Waals surface area contributed by atoms with Crippen LogP contribution in [0.2, 0.25) is 10.0 Å². The standard InChI is InChI=1S/C26H22Cl2N4OS/c1-15-13-18(16(2)31(15)21-11-10-17(27)14-19(21)28)25-24(20-7-5-6-12-29-20)30-26(34)32(25)22-8-3-4-9-23(22)33/h3-14,24-25,33H,1-2H3,(H,30,34)/t24-,25+/m0/s1. The van der Waals surface area contributed by atoms with Gasteiger partial charge in [-0.15, -0.1) is 0 Å². The van der Waals surface area contributed by atoms with Gasteiger partial charge in [-0.2, -0.15) is 0 Å². The number of anilines is 1. The lowest BCUT2D eigenvalue weighted by Gasteiger charge is -2.28. The highest BCUT2D eigenvalue weighted by atomic mass is 35.5. The average Bonchev–Trinajstić information content (AvgIpc) is 3.30. The van der Waals surface area contributed by atoms with Crippen LogP contribution in [0.25, 0.3) is 5.69 Å². The molecule has 5 rings (SSSR count). The van der Waals surface area contributed by atoms with Crippen molar-refractivity contribution in [2.75, 3.05) is 4.90 Å². The fourth-order valence-corrected chi connectivity index (χ4v) is 5.55. The Morgan fingerprint density at radius 3 is 2.44 bits per heavy atom. The highest BCUT2D eigenvalue weighted by Crippen LogP contribution is 2.46. The number of benzene rings is 2. The zero-order valence-electron chi connectivity index (χ0n) is 18.5. The Kier molecular flexibility index (Phi) is 5.98. The Morgan fingerprint density at radius 2 is 1.74 bits per heavy atom. The summed E-state index contributed by atoms with van der Waals surface area (Å²) in [6.45, 7) is 4.11. The van der Waals surface area contributed by atoms with E-state index >= 15 is 0 Å². The molecule has 0 radical (unpaired) electrons. The van der Waals surface area contributed by atoms with Crippen molar-refractivity contribution in [3.05, 3.63) is 106 Å². The van der Waals surface area contributed by atoms with Crippen LogP contribution in [0, 0.1) is 13.8 Å². The number of thiocarbonyl (C=S) groups is 1. The van der Waals surface area contributed by atoms with Gasteiger partial charge in [0.2, 0.25) is 0 Å². The van der Waals surface area contributed by atoms with E-state index in [1.54, 1.807) is 24.4 Å². The van der Waals surface area contributed by atoms with E-state index in [9.17, 15) is 5.11 Å². The van der Waals surface area contributed by atoms with E-state index in [1.165, 1.54) is 0 Å². The number of hydrogen-bond donors (Lipinski definition) is 2. The second-order valence-corrected chi connectivity index (χ2v) is 9.47. The second kappa shape index (κ2) is 8.95. The van der Waals surface area contributed by atoms with Gasteiger partial charge in [0.1, 0.15) is 5.75 Å². The van der Waals surface area contributed by atoms with Gasteiger partial charge in [0.25, 0.3) is 0 Å². The third-order valence-corrected chi connectivity index (χ3v) is 7.03. The molecule has 0 unspecified atom stereocenters. The minimum atomic E-state index is -0.248. The van der Waals surface area contributed by atoms with Crippen molar-refractivity contribution in [3.63, 3.8) is 0 Å². The van der Waals surface area contributed by atoms with Gasteiger partial charge >= 0.3 is 0 Å². The maximum atomic E-state index is 10.7. The first-order chi connectivity index (χ1) is 16.4. The summed E-state index contributed by atoms with van der Waals surface area (Å²) in [6, 6.07) is 20.2. The van der Waals surface area contributed by atoms with Gasteiger partial charge in [-0.1, -0.05) is 41.4 Å². The predicted octanol–water partition coefficient (Wildman–Crippen LogP) is 6.68. The Balaban J connectivity index is 1.71. The molecule has 2 N–H and O–H groups in total. The predicted molar refractivity (Wildman–Crippen MR) is 141 cm³/mol. The van der Waals surface area contributed by atoms with Crippen LogP contribution < -0.4 is 10.2 Å². The average molecular weight is 509 g/mol. The maximum absolute atomic E-state index is 10.7. The summed E-state index contributed by atoms with van der Waals surface area (Å²) in [6.07, 6.45) is 1.77. The molecule has 0 saturated carbocycles. The zero-order chi connectivity index (χ0) is 24.0. The summed E-state index contributed by atoms with van der Waals surface area (Å²) in [5.41, 5.74) is 5.44. The lowest BCUT2D eigenvalue weighted by Crippen LogP contribution is -2.29. The van der Waals surface area contributed by atoms with Crippen molar-refractivity contribution in [2.45, 2.75) is 25.9 Å². The van der Waals surface area contributed by atoms with Gasteiger partial charge in [0.05, 0.1) is 34.2 Å². The number of phenolic OH excluding ortho intramolecular Hbond substituents is 1. The van der Waals surface area contributed by atoms with Crippen LogP contribution in [0.15, 0.2) is 72.9 Å². The number of halogens is 2. The van der Waals surface area contributed by atoms with Gasteiger partial charge < -0.3 is 19.9 Å². The topological polar surface area (TPSA) is 53.3 Å². The number of nitrogens with zero attached hydrogens (tertiary/aromatic N) is 3. The monoisotopic (exact) mass is 508 g/mol. The molecule has 2 atom stereocenters. The summed E-state index contributed by atoms with van der Waals surface area (Å²) in [7, 11) is 0. The van der Waals surface area contributed by atoms with Gasteiger partial charge in [0, 0.05) is 22.6 Å². The molecule has 2 aromatic carbocycles. The molecule has 1 saturated heterocycles. The molecule has 34 heavy (non-hydrogen) atoms. The van der Waals surface area contributed by atoms with Gasteiger partial charge in [-0.25, -0.2) is 0 Å². The highest BCUT2D eigenvalue weighted by Gasteiger charge is 2.43. The van der Waals surface area contributed by atoms with Crippen molar-refractivity contribution in [1.82, 2.24) is 14.9 Å². The summed E-state index contributed by atoms with van der Waals surface area (Å²) in [4.78, 5) is 6.58. The number of pyridine rings is 1. The second-order valence-electron chi connectivity index (χ2n) is 8.24. The van der Waals surface area contributed by atoms with E-state index < -0.39 is 0 Å². The SMILES string of the molecule is Cc1cc([C@@H]2[C@H](c3ccccn3)NC(=S)N2c2ccccc2O)c(C)n1-c1ccc(Cl)cc1Cl. The Labute approximate surface area is 213 Å². The molecule has 0 bridgehead atoms. The van der Waals surface area contributed by atoms with Crippen LogP contribution in [0.5, 0.6) is 5.75 Å². The van der Waals surface area contributed by atoms with Crippen LogP contribution in [0.3, 0.4) is 0 Å². The molecule has 1 aliphatic heterocycles. The van der Waals surface area contributed by atoms with E-state index in [4.69, 9.17) is 35.4 Å². The molecular formula is C26H22Cl2N4OS. The number of hydrogen-bond acceptors (Lipinski definition) is 3. The molecule has 5 nitrogen and oxygen atoms in total. The normalized spacial score (nSPS) is 17.8. The summed E-state index contributed by atoms with van der Waals surface area (Å²) >= 11 is 18.5. The number of aryl methyl sites for hydroxylation is 1. The third kappa shape index (κ3) is 3.82. The summed E-state index contributed by atoms with van der Waals surface area (Å²) < 4.78 is 2.12. The molecule has 0 aliphatic carbocycles. The van der Waals surface area contributed by atoms with E-state index in [1.807, 2.05) is 54.3 Å². The summed E-state index contributed by atoms with van der Waals surface area (Å²) in [5, 5.41) is 15.8. The fourth-order valence-electron chi connectivity index (χ4n) is 4.72. The molecule has 0 spiro atoms. The quantitative estimate of drug-likeness (QED) is 0.301. The molecular weight excluding hydrogens is 487 g/mol. The molecule has 2 aromatic heterocycles. The lowest BCUT2D eigenvalue weighted by molar-refractivity contribution is 0.472. The van der Waals surface area contributed by atoms with Crippen molar-refractivity contribution in [1.29, 1.82) is 0 Å². The first kappa shape index (κ1) is 22.7. The van der Waals surface area contributed by atoms with E-state index in [-0.39, 0.29) is 17.8 Å². The summed E-state index contributed by atoms with van der Waals surface area (Å²) in [5.74, 6) is 0.160. The number of nitrogens with one attached hydrogen (secondary N) is 1. The van der Waals surface area contributed by atoms with Crippen LogP contribution in [-0.2, 0) is 0 Å². The molecule has 4 aromatic rings. The molecule has 172 valence electrons. The van der Waals surface area contributed by atoms with Crippen LogP contribution in [-0.4, -0.2) is 19.8 Å². The smallest absolute Gasteiger partial charge is 0.174 e. The number of phenols is 1. The molecule has 1 aliphatic rings. The van der Waals surface area contributed by atoms with Crippen molar-refractivity contribution >= 4 is 46.2 Å². The van der Waals surface area contributed by atoms with Gasteiger partial charge in [-0.05, 0) is 80.2 Å². The number of para-hydroxylation sites is 2. The lowest BCUT2D eigenvalue weighted by atomic mass is 9.96. The minimum absolute atomic E-state index is 0.160. The number of aromatic nitrogens is 2. The largest absolute Gasteiger partial charge is 0.506 e. The van der Waals surface area contributed by atoms with Crippen LogP contribution in [0.4, 0.5) is 5.69 Å². The van der Waals surface area contributed by atoms with Crippen LogP contribution in [0.1, 0.15) is 34.7 Å². The van der Waals surface area contributed by atoms with E-state index in [0.717, 1.165) is 28.3 Å². The molecule has 1 fully saturated rings. The van der Waals surface area contributed by atoms with Crippen LogP contribution >= 0.6 is 35.4 Å². The first-order valence-corrected chi connectivity index (χ1v) is 12.0. The van der Waals surface area contributed by atoms with Gasteiger partial charge in [0.15, 0.2) is 5.11 Å². The van der Waals surface area contributed by atoms with Gasteiger partial charge in [-0.3, -0.25) is 4.98 Å². The van der Waals surface area contributed by atoms with E-state index in [0.29, 0.717) is 20.8 Å². The molecule has 8 heteroatoms. The number of aromatic hydroxyl groups is 1.